The Balaban J connectivity index is 1.80. The number of hydrogen-bond donors (Lipinski definition) is 1. The predicted molar refractivity (Wildman–Crippen MR) is 85.6 cm³/mol. The SMILES string of the molecule is Cc1ccc(NC(=O)CCN2C[C@H](C)O[C@@H](C)C2)cc1C. The Bertz CT molecular complexity index is 492. The van der Waals surface area contributed by atoms with Crippen molar-refractivity contribution in [3.63, 3.8) is 0 Å². The van der Waals surface area contributed by atoms with E-state index in [0.717, 1.165) is 25.3 Å². The summed E-state index contributed by atoms with van der Waals surface area (Å²) in [5, 5.41) is 2.98. The summed E-state index contributed by atoms with van der Waals surface area (Å²) in [6.07, 6.45) is 1.01. The quantitative estimate of drug-likeness (QED) is 0.927. The molecule has 1 saturated heterocycles. The number of nitrogens with zero attached hydrogens (tertiary/aromatic N) is 1. The molecular weight excluding hydrogens is 264 g/mol. The zero-order valence-corrected chi connectivity index (χ0v) is 13.5. The van der Waals surface area contributed by atoms with Crippen LogP contribution in [0.15, 0.2) is 18.2 Å². The summed E-state index contributed by atoms with van der Waals surface area (Å²) >= 11 is 0. The van der Waals surface area contributed by atoms with Crippen molar-refractivity contribution in [1.82, 2.24) is 4.90 Å². The van der Waals surface area contributed by atoms with E-state index in [1.165, 1.54) is 11.1 Å². The molecule has 2 atom stereocenters. The van der Waals surface area contributed by atoms with Gasteiger partial charge in [0.25, 0.3) is 0 Å². The van der Waals surface area contributed by atoms with Gasteiger partial charge in [0.2, 0.25) is 5.91 Å². The summed E-state index contributed by atoms with van der Waals surface area (Å²) in [4.78, 5) is 14.3. The van der Waals surface area contributed by atoms with Crippen LogP contribution in [-0.4, -0.2) is 42.6 Å². The molecule has 0 bridgehead atoms. The minimum atomic E-state index is 0.0741. The first-order valence-corrected chi connectivity index (χ1v) is 7.69. The fourth-order valence-electron chi connectivity index (χ4n) is 2.77. The Labute approximate surface area is 127 Å². The molecule has 0 aromatic heterocycles. The monoisotopic (exact) mass is 290 g/mol. The summed E-state index contributed by atoms with van der Waals surface area (Å²) < 4.78 is 5.70. The van der Waals surface area contributed by atoms with Gasteiger partial charge in [-0.15, -0.1) is 0 Å². The topological polar surface area (TPSA) is 41.6 Å². The minimum Gasteiger partial charge on any atom is -0.373 e. The number of nitrogens with one attached hydrogen (secondary N) is 1. The van der Waals surface area contributed by atoms with Gasteiger partial charge in [0.05, 0.1) is 12.2 Å². The largest absolute Gasteiger partial charge is 0.373 e. The molecule has 1 aromatic rings. The number of benzene rings is 1. The number of carbonyl (C=O) groups excluding carboxylic acids is 1. The van der Waals surface area contributed by atoms with Crippen LogP contribution in [0.25, 0.3) is 0 Å². The van der Waals surface area contributed by atoms with Gasteiger partial charge in [-0.1, -0.05) is 6.07 Å². The molecule has 2 rings (SSSR count). The van der Waals surface area contributed by atoms with Crippen LogP contribution in [0, 0.1) is 13.8 Å². The standard InChI is InChI=1S/C17H26N2O2/c1-12-5-6-16(9-13(12)2)18-17(20)7-8-19-10-14(3)21-15(4)11-19/h5-6,9,14-15H,7-8,10-11H2,1-4H3,(H,18,20)/t14-,15-/m0/s1. The fraction of sp³-hybridized carbons (Fsp3) is 0.588. The lowest BCUT2D eigenvalue weighted by molar-refractivity contribution is -0.117. The Morgan fingerprint density at radius 2 is 1.90 bits per heavy atom. The Hall–Kier alpha value is -1.39. The third-order valence-corrected chi connectivity index (χ3v) is 3.94. The summed E-state index contributed by atoms with van der Waals surface area (Å²) in [7, 11) is 0. The number of hydrogen-bond acceptors (Lipinski definition) is 3. The van der Waals surface area contributed by atoms with Crippen LogP contribution in [0.2, 0.25) is 0 Å². The summed E-state index contributed by atoms with van der Waals surface area (Å²) in [6.45, 7) is 10.9. The molecule has 0 radical (unpaired) electrons. The normalized spacial score (nSPS) is 23.0. The maximum atomic E-state index is 12.0. The van der Waals surface area contributed by atoms with Gasteiger partial charge in [-0.25, -0.2) is 0 Å². The molecule has 4 nitrogen and oxygen atoms in total. The predicted octanol–water partition coefficient (Wildman–Crippen LogP) is 2.74. The van der Waals surface area contributed by atoms with Crippen LogP contribution in [0.3, 0.4) is 0 Å². The molecule has 0 spiro atoms. The van der Waals surface area contributed by atoms with Crippen molar-refractivity contribution in [2.24, 2.45) is 0 Å². The van der Waals surface area contributed by atoms with Crippen molar-refractivity contribution < 1.29 is 9.53 Å². The highest BCUT2D eigenvalue weighted by atomic mass is 16.5. The molecule has 116 valence electrons. The Kier molecular flexibility index (Phi) is 5.37. The van der Waals surface area contributed by atoms with Crippen LogP contribution in [-0.2, 0) is 9.53 Å². The van der Waals surface area contributed by atoms with Gasteiger partial charge in [0.1, 0.15) is 0 Å². The van der Waals surface area contributed by atoms with Crippen molar-refractivity contribution in [2.45, 2.75) is 46.3 Å². The average Bonchev–Trinajstić information content (AvgIpc) is 2.40. The number of anilines is 1. The highest BCUT2D eigenvalue weighted by Crippen LogP contribution is 2.15. The Morgan fingerprint density at radius 3 is 2.52 bits per heavy atom. The number of amides is 1. The molecule has 4 heteroatoms. The van der Waals surface area contributed by atoms with Gasteiger partial charge in [-0.05, 0) is 51.0 Å². The van der Waals surface area contributed by atoms with Crippen LogP contribution in [0.1, 0.15) is 31.4 Å². The molecule has 1 amide bonds. The fourth-order valence-corrected chi connectivity index (χ4v) is 2.77. The number of aryl methyl sites for hydroxylation is 2. The van der Waals surface area contributed by atoms with E-state index in [-0.39, 0.29) is 18.1 Å². The van der Waals surface area contributed by atoms with Gasteiger partial charge in [-0.3, -0.25) is 9.69 Å². The lowest BCUT2D eigenvalue weighted by atomic mass is 10.1. The van der Waals surface area contributed by atoms with Crippen molar-refractivity contribution in [2.75, 3.05) is 25.0 Å². The van der Waals surface area contributed by atoms with Crippen LogP contribution in [0.5, 0.6) is 0 Å². The second-order valence-corrected chi connectivity index (χ2v) is 6.11. The van der Waals surface area contributed by atoms with E-state index in [9.17, 15) is 4.79 Å². The van der Waals surface area contributed by atoms with Crippen molar-refractivity contribution >= 4 is 11.6 Å². The maximum Gasteiger partial charge on any atom is 0.225 e. The third-order valence-electron chi connectivity index (χ3n) is 3.94. The molecule has 1 aliphatic rings. The molecule has 1 fully saturated rings. The zero-order chi connectivity index (χ0) is 15.4. The van der Waals surface area contributed by atoms with E-state index in [0.29, 0.717) is 6.42 Å². The lowest BCUT2D eigenvalue weighted by Crippen LogP contribution is -2.46. The van der Waals surface area contributed by atoms with Crippen molar-refractivity contribution in [1.29, 1.82) is 0 Å². The molecular formula is C17H26N2O2. The first kappa shape index (κ1) is 16.0. The van der Waals surface area contributed by atoms with Crippen LogP contribution in [0.4, 0.5) is 5.69 Å². The van der Waals surface area contributed by atoms with Gasteiger partial charge in [-0.2, -0.15) is 0 Å². The highest BCUT2D eigenvalue weighted by molar-refractivity contribution is 5.90. The summed E-state index contributed by atoms with van der Waals surface area (Å²) in [6, 6.07) is 6.02. The van der Waals surface area contributed by atoms with E-state index >= 15 is 0 Å². The van der Waals surface area contributed by atoms with E-state index in [2.05, 4.69) is 37.9 Å². The molecule has 1 heterocycles. The summed E-state index contributed by atoms with van der Waals surface area (Å²) in [5.74, 6) is 0.0741. The molecule has 1 aliphatic heterocycles. The first-order chi connectivity index (χ1) is 9.94. The molecule has 1 aromatic carbocycles. The number of morpholine rings is 1. The highest BCUT2D eigenvalue weighted by Gasteiger charge is 2.22. The van der Waals surface area contributed by atoms with Gasteiger partial charge >= 0.3 is 0 Å². The van der Waals surface area contributed by atoms with Crippen molar-refractivity contribution in [3.8, 4) is 0 Å². The average molecular weight is 290 g/mol. The third kappa shape index (κ3) is 4.83. The molecule has 0 aliphatic carbocycles. The number of carbonyl (C=O) groups is 1. The molecule has 21 heavy (non-hydrogen) atoms. The van der Waals surface area contributed by atoms with Gasteiger partial charge in [0.15, 0.2) is 0 Å². The van der Waals surface area contributed by atoms with Gasteiger partial charge in [0, 0.05) is 31.7 Å². The van der Waals surface area contributed by atoms with E-state index in [1.807, 2.05) is 18.2 Å². The smallest absolute Gasteiger partial charge is 0.225 e. The van der Waals surface area contributed by atoms with E-state index < -0.39 is 0 Å². The first-order valence-electron chi connectivity index (χ1n) is 7.69. The van der Waals surface area contributed by atoms with Gasteiger partial charge < -0.3 is 10.1 Å². The molecule has 0 unspecified atom stereocenters. The maximum absolute atomic E-state index is 12.0. The molecule has 0 saturated carbocycles. The number of ether oxygens (including phenoxy) is 1. The van der Waals surface area contributed by atoms with Crippen LogP contribution < -0.4 is 5.32 Å². The summed E-state index contributed by atoms with van der Waals surface area (Å²) in [5.41, 5.74) is 3.32. The van der Waals surface area contributed by atoms with Crippen molar-refractivity contribution in [3.05, 3.63) is 29.3 Å². The molecule has 1 N–H and O–H groups in total. The number of rotatable bonds is 4. The second-order valence-electron chi connectivity index (χ2n) is 6.11. The van der Waals surface area contributed by atoms with E-state index in [1.54, 1.807) is 0 Å². The second kappa shape index (κ2) is 7.05. The lowest BCUT2D eigenvalue weighted by Gasteiger charge is -2.35. The van der Waals surface area contributed by atoms with Crippen LogP contribution >= 0.6 is 0 Å². The Morgan fingerprint density at radius 1 is 1.24 bits per heavy atom. The van der Waals surface area contributed by atoms with E-state index in [4.69, 9.17) is 4.74 Å². The zero-order valence-electron chi connectivity index (χ0n) is 13.5. The minimum absolute atomic E-state index is 0.0741.